The molecule has 1 aromatic heterocycles. The average Bonchev–Trinajstić information content (AvgIpc) is 2.58. The molecular weight excluding hydrogens is 254 g/mol. The van der Waals surface area contributed by atoms with Gasteiger partial charge in [-0.15, -0.1) is 11.3 Å². The maximum atomic E-state index is 10.7. The number of thiophene rings is 1. The molecule has 1 aliphatic carbocycles. The predicted octanol–water partition coefficient (Wildman–Crippen LogP) is 4.10. The highest BCUT2D eigenvalue weighted by Crippen LogP contribution is 2.29. The Bertz CT molecular complexity index is 405. The normalized spacial score (nSPS) is 21.1. The highest BCUT2D eigenvalue weighted by molar-refractivity contribution is 7.12. The summed E-state index contributed by atoms with van der Waals surface area (Å²) in [5.41, 5.74) is 0.906. The van der Waals surface area contributed by atoms with Gasteiger partial charge in [0.05, 0.1) is 5.60 Å². The molecule has 1 aromatic rings. The van der Waals surface area contributed by atoms with Crippen LogP contribution >= 0.6 is 11.3 Å². The van der Waals surface area contributed by atoms with E-state index in [-0.39, 0.29) is 0 Å². The quantitative estimate of drug-likeness (QED) is 0.814. The van der Waals surface area contributed by atoms with Crippen molar-refractivity contribution >= 4 is 11.3 Å². The van der Waals surface area contributed by atoms with E-state index >= 15 is 0 Å². The molecule has 0 saturated heterocycles. The van der Waals surface area contributed by atoms with Crippen LogP contribution in [-0.2, 0) is 0 Å². The summed E-state index contributed by atoms with van der Waals surface area (Å²) in [6.45, 7) is 7.27. The van der Waals surface area contributed by atoms with E-state index < -0.39 is 5.60 Å². The van der Waals surface area contributed by atoms with Crippen molar-refractivity contribution in [3.05, 3.63) is 21.4 Å². The Morgan fingerprint density at radius 3 is 2.42 bits per heavy atom. The number of rotatable bonds is 4. The zero-order valence-corrected chi connectivity index (χ0v) is 13.3. The highest BCUT2D eigenvalue weighted by atomic mass is 32.1. The first kappa shape index (κ1) is 15.0. The number of aryl methyl sites for hydroxylation is 2. The average molecular weight is 281 g/mol. The second kappa shape index (κ2) is 6.38. The van der Waals surface area contributed by atoms with Gasteiger partial charge in [-0.1, -0.05) is 25.7 Å². The topological polar surface area (TPSA) is 32.3 Å². The van der Waals surface area contributed by atoms with Crippen LogP contribution in [0.4, 0.5) is 0 Å². The summed E-state index contributed by atoms with van der Waals surface area (Å²) in [5, 5.41) is 14.2. The van der Waals surface area contributed by atoms with Crippen LogP contribution in [0.15, 0.2) is 6.07 Å². The first-order valence-corrected chi connectivity index (χ1v) is 8.34. The van der Waals surface area contributed by atoms with Gasteiger partial charge in [0.1, 0.15) is 0 Å². The van der Waals surface area contributed by atoms with E-state index in [0.29, 0.717) is 6.04 Å². The Kier molecular flexibility index (Phi) is 5.04. The van der Waals surface area contributed by atoms with E-state index in [0.717, 1.165) is 19.4 Å². The van der Waals surface area contributed by atoms with Gasteiger partial charge in [-0.2, -0.15) is 0 Å². The van der Waals surface area contributed by atoms with Gasteiger partial charge in [-0.05, 0) is 45.2 Å². The van der Waals surface area contributed by atoms with Crippen LogP contribution in [0.3, 0.4) is 0 Å². The molecule has 2 rings (SSSR count). The summed E-state index contributed by atoms with van der Waals surface area (Å²) in [7, 11) is 0. The molecular formula is C16H27NOS. The molecule has 3 heteroatoms. The molecule has 1 unspecified atom stereocenters. The smallest absolute Gasteiger partial charge is 0.0771 e. The molecule has 1 saturated carbocycles. The van der Waals surface area contributed by atoms with E-state index in [2.05, 4.69) is 32.2 Å². The monoisotopic (exact) mass is 281 g/mol. The number of nitrogens with one attached hydrogen (secondary N) is 1. The Labute approximate surface area is 121 Å². The maximum absolute atomic E-state index is 10.7. The first-order chi connectivity index (χ1) is 9.00. The van der Waals surface area contributed by atoms with Crippen molar-refractivity contribution in [1.82, 2.24) is 5.32 Å². The third-order valence-corrected chi connectivity index (χ3v) is 5.30. The Morgan fingerprint density at radius 1 is 1.26 bits per heavy atom. The van der Waals surface area contributed by atoms with Crippen LogP contribution in [-0.4, -0.2) is 17.3 Å². The fraction of sp³-hybridized carbons (Fsp3) is 0.750. The van der Waals surface area contributed by atoms with E-state index in [9.17, 15) is 5.11 Å². The van der Waals surface area contributed by atoms with Gasteiger partial charge in [0, 0.05) is 22.3 Å². The second-order valence-corrected chi connectivity index (χ2v) is 7.57. The third kappa shape index (κ3) is 4.04. The number of hydrogen-bond donors (Lipinski definition) is 2. The summed E-state index contributed by atoms with van der Waals surface area (Å²) in [6, 6.07) is 2.60. The molecule has 0 radical (unpaired) electrons. The van der Waals surface area contributed by atoms with Crippen molar-refractivity contribution < 1.29 is 5.11 Å². The fourth-order valence-electron chi connectivity index (χ4n) is 3.10. The molecule has 0 spiro atoms. The minimum atomic E-state index is -0.482. The molecule has 108 valence electrons. The van der Waals surface area contributed by atoms with Gasteiger partial charge in [0.25, 0.3) is 0 Å². The molecule has 0 aliphatic heterocycles. The predicted molar refractivity (Wildman–Crippen MR) is 82.9 cm³/mol. The summed E-state index contributed by atoms with van der Waals surface area (Å²) in [6.07, 6.45) is 6.80. The molecule has 2 nitrogen and oxygen atoms in total. The van der Waals surface area contributed by atoms with E-state index in [1.165, 1.54) is 41.0 Å². The summed E-state index contributed by atoms with van der Waals surface area (Å²) in [4.78, 5) is 2.76. The van der Waals surface area contributed by atoms with Gasteiger partial charge in [-0.25, -0.2) is 0 Å². The van der Waals surface area contributed by atoms with Gasteiger partial charge < -0.3 is 10.4 Å². The summed E-state index contributed by atoms with van der Waals surface area (Å²) in [5.74, 6) is 0. The van der Waals surface area contributed by atoms with Crippen molar-refractivity contribution in [2.75, 3.05) is 6.54 Å². The summed E-state index contributed by atoms with van der Waals surface area (Å²) >= 11 is 1.86. The number of aliphatic hydroxyl groups is 1. The molecule has 19 heavy (non-hydrogen) atoms. The van der Waals surface area contributed by atoms with Crippen molar-refractivity contribution in [3.63, 3.8) is 0 Å². The van der Waals surface area contributed by atoms with E-state index in [1.807, 2.05) is 11.3 Å². The Morgan fingerprint density at radius 2 is 1.89 bits per heavy atom. The zero-order valence-electron chi connectivity index (χ0n) is 12.5. The van der Waals surface area contributed by atoms with Crippen LogP contribution < -0.4 is 5.32 Å². The molecule has 1 fully saturated rings. The van der Waals surface area contributed by atoms with Crippen LogP contribution in [0.25, 0.3) is 0 Å². The highest BCUT2D eigenvalue weighted by Gasteiger charge is 2.28. The lowest BCUT2D eigenvalue weighted by Crippen LogP contribution is -2.41. The van der Waals surface area contributed by atoms with E-state index in [1.54, 1.807) is 0 Å². The minimum Gasteiger partial charge on any atom is -0.389 e. The van der Waals surface area contributed by atoms with Gasteiger partial charge in [-0.3, -0.25) is 0 Å². The van der Waals surface area contributed by atoms with Crippen molar-refractivity contribution in [1.29, 1.82) is 0 Å². The van der Waals surface area contributed by atoms with Crippen molar-refractivity contribution in [2.24, 2.45) is 0 Å². The third-order valence-electron chi connectivity index (χ3n) is 4.32. The van der Waals surface area contributed by atoms with Crippen LogP contribution in [0.1, 0.15) is 66.8 Å². The zero-order chi connectivity index (χ0) is 13.9. The second-order valence-electron chi connectivity index (χ2n) is 6.11. The van der Waals surface area contributed by atoms with Gasteiger partial charge >= 0.3 is 0 Å². The van der Waals surface area contributed by atoms with Gasteiger partial charge in [0.2, 0.25) is 0 Å². The number of hydrogen-bond acceptors (Lipinski definition) is 3. The van der Waals surface area contributed by atoms with Crippen molar-refractivity contribution in [3.8, 4) is 0 Å². The SMILES string of the molecule is Cc1cc(C(C)NCC2(O)CCCCCC2)c(C)s1. The molecule has 1 heterocycles. The van der Waals surface area contributed by atoms with Crippen LogP contribution in [0.2, 0.25) is 0 Å². The largest absolute Gasteiger partial charge is 0.389 e. The molecule has 0 bridgehead atoms. The Hall–Kier alpha value is -0.380. The molecule has 1 atom stereocenters. The lowest BCUT2D eigenvalue weighted by molar-refractivity contribution is 0.0231. The van der Waals surface area contributed by atoms with Gasteiger partial charge in [0.15, 0.2) is 0 Å². The molecule has 0 aromatic carbocycles. The van der Waals surface area contributed by atoms with Crippen LogP contribution in [0, 0.1) is 13.8 Å². The van der Waals surface area contributed by atoms with Crippen LogP contribution in [0.5, 0.6) is 0 Å². The lowest BCUT2D eigenvalue weighted by atomic mass is 9.94. The Balaban J connectivity index is 1.92. The standard InChI is InChI=1S/C16H27NOS/c1-12-10-15(14(3)19-12)13(2)17-11-16(18)8-6-4-5-7-9-16/h10,13,17-18H,4-9,11H2,1-3H3. The van der Waals surface area contributed by atoms with E-state index in [4.69, 9.17) is 0 Å². The molecule has 2 N–H and O–H groups in total. The molecule has 0 amide bonds. The molecule has 1 aliphatic rings. The lowest BCUT2D eigenvalue weighted by Gasteiger charge is -2.29. The summed E-state index contributed by atoms with van der Waals surface area (Å²) < 4.78 is 0. The first-order valence-electron chi connectivity index (χ1n) is 7.53. The van der Waals surface area contributed by atoms with Crippen molar-refractivity contribution in [2.45, 2.75) is 70.9 Å². The minimum absolute atomic E-state index is 0.331. The maximum Gasteiger partial charge on any atom is 0.0771 e. The fourth-order valence-corrected chi connectivity index (χ4v) is 4.12.